The van der Waals surface area contributed by atoms with Gasteiger partial charge in [0, 0.05) is 0 Å². The van der Waals surface area contributed by atoms with Gasteiger partial charge in [-0.3, -0.25) is 9.59 Å². The molecule has 2 amide bonds. The Morgan fingerprint density at radius 1 is 1.04 bits per heavy atom. The predicted octanol–water partition coefficient (Wildman–Crippen LogP) is 3.82. The van der Waals surface area contributed by atoms with Gasteiger partial charge in [-0.25, -0.2) is 9.29 Å². The maximum atomic E-state index is 13.8. The number of amides is 2. The molecule has 0 saturated carbocycles. The number of hydrogen-bond donors (Lipinski definition) is 1. The summed E-state index contributed by atoms with van der Waals surface area (Å²) in [6, 6.07) is 12.9. The molecule has 0 aromatic heterocycles. The average molecular weight is 345 g/mol. The standard InChI is InChI=1S/C18H14ClFN2O2/c1-2-11-7-9-12(10-8-11)22-17(23)15(19)16(18(22)24)21-14-6-4-3-5-13(14)20/h3-10,21H,2H2,1H3. The molecule has 0 saturated heterocycles. The van der Waals surface area contributed by atoms with Crippen LogP contribution in [0.4, 0.5) is 15.8 Å². The Morgan fingerprint density at radius 2 is 1.71 bits per heavy atom. The molecule has 2 aromatic rings. The number of rotatable bonds is 4. The second-order valence-electron chi connectivity index (χ2n) is 5.26. The first-order chi connectivity index (χ1) is 11.5. The molecule has 1 heterocycles. The molecule has 0 atom stereocenters. The molecule has 122 valence electrons. The molecule has 24 heavy (non-hydrogen) atoms. The minimum absolute atomic E-state index is 0.0787. The summed E-state index contributed by atoms with van der Waals surface area (Å²) in [5.41, 5.74) is 1.45. The Bertz CT molecular complexity index is 846. The fourth-order valence-electron chi connectivity index (χ4n) is 2.42. The highest BCUT2D eigenvalue weighted by atomic mass is 35.5. The number of carbonyl (C=O) groups is 2. The van der Waals surface area contributed by atoms with Crippen molar-refractivity contribution in [2.24, 2.45) is 0 Å². The highest BCUT2D eigenvalue weighted by Crippen LogP contribution is 2.30. The minimum Gasteiger partial charge on any atom is -0.347 e. The van der Waals surface area contributed by atoms with Crippen molar-refractivity contribution in [3.63, 3.8) is 0 Å². The molecular weight excluding hydrogens is 331 g/mol. The molecule has 0 spiro atoms. The third kappa shape index (κ3) is 2.78. The van der Waals surface area contributed by atoms with E-state index in [-0.39, 0.29) is 16.4 Å². The molecule has 0 aliphatic carbocycles. The van der Waals surface area contributed by atoms with Crippen LogP contribution in [0.25, 0.3) is 0 Å². The molecule has 0 fully saturated rings. The van der Waals surface area contributed by atoms with Crippen LogP contribution in [0.5, 0.6) is 0 Å². The number of nitrogens with zero attached hydrogens (tertiary/aromatic N) is 1. The monoisotopic (exact) mass is 344 g/mol. The van der Waals surface area contributed by atoms with Gasteiger partial charge in [-0.1, -0.05) is 42.8 Å². The van der Waals surface area contributed by atoms with E-state index in [2.05, 4.69) is 5.32 Å². The lowest BCUT2D eigenvalue weighted by Crippen LogP contribution is -2.32. The number of imide groups is 1. The fraction of sp³-hybridized carbons (Fsp3) is 0.111. The lowest BCUT2D eigenvalue weighted by atomic mass is 10.1. The number of carbonyl (C=O) groups excluding carboxylic acids is 2. The summed E-state index contributed by atoms with van der Waals surface area (Å²) in [5.74, 6) is -1.79. The van der Waals surface area contributed by atoms with Crippen molar-refractivity contribution in [1.29, 1.82) is 0 Å². The summed E-state index contributed by atoms with van der Waals surface area (Å²) in [7, 11) is 0. The first kappa shape index (κ1) is 16.2. The molecule has 3 rings (SSSR count). The van der Waals surface area contributed by atoms with E-state index in [4.69, 9.17) is 11.6 Å². The normalized spacial score (nSPS) is 14.5. The van der Waals surface area contributed by atoms with Crippen molar-refractivity contribution in [3.8, 4) is 0 Å². The van der Waals surface area contributed by atoms with Gasteiger partial charge in [-0.2, -0.15) is 0 Å². The average Bonchev–Trinajstić information content (AvgIpc) is 2.80. The highest BCUT2D eigenvalue weighted by Gasteiger charge is 2.39. The molecule has 6 heteroatoms. The Balaban J connectivity index is 1.91. The van der Waals surface area contributed by atoms with Gasteiger partial charge in [0.25, 0.3) is 11.8 Å². The molecule has 0 unspecified atom stereocenters. The van der Waals surface area contributed by atoms with Crippen LogP contribution in [0.1, 0.15) is 12.5 Å². The summed E-state index contributed by atoms with van der Waals surface area (Å²) in [4.78, 5) is 25.9. The van der Waals surface area contributed by atoms with Crippen molar-refractivity contribution < 1.29 is 14.0 Å². The van der Waals surface area contributed by atoms with Crippen molar-refractivity contribution in [3.05, 3.63) is 70.6 Å². The zero-order valence-corrected chi connectivity index (χ0v) is 13.6. The van der Waals surface area contributed by atoms with Gasteiger partial charge in [0.2, 0.25) is 0 Å². The molecule has 0 radical (unpaired) electrons. The number of aryl methyl sites for hydroxylation is 1. The van der Waals surface area contributed by atoms with Crippen LogP contribution in [-0.4, -0.2) is 11.8 Å². The fourth-order valence-corrected chi connectivity index (χ4v) is 2.64. The molecule has 1 aliphatic heterocycles. The quantitative estimate of drug-likeness (QED) is 0.858. The van der Waals surface area contributed by atoms with Gasteiger partial charge in [0.05, 0.1) is 11.4 Å². The van der Waals surface area contributed by atoms with Crippen molar-refractivity contribution in [2.45, 2.75) is 13.3 Å². The second-order valence-corrected chi connectivity index (χ2v) is 5.64. The van der Waals surface area contributed by atoms with Gasteiger partial charge in [0.1, 0.15) is 16.5 Å². The minimum atomic E-state index is -0.634. The third-order valence-corrected chi connectivity index (χ3v) is 4.11. The molecule has 1 N–H and O–H groups in total. The van der Waals surface area contributed by atoms with E-state index in [0.717, 1.165) is 16.9 Å². The zero-order chi connectivity index (χ0) is 17.3. The van der Waals surface area contributed by atoms with E-state index >= 15 is 0 Å². The third-order valence-electron chi connectivity index (χ3n) is 3.76. The SMILES string of the molecule is CCc1ccc(N2C(=O)C(Cl)=C(Nc3ccccc3F)C2=O)cc1. The van der Waals surface area contributed by atoms with Crippen LogP contribution >= 0.6 is 11.6 Å². The van der Waals surface area contributed by atoms with E-state index in [1.54, 1.807) is 18.2 Å². The van der Waals surface area contributed by atoms with Gasteiger partial charge in [-0.05, 0) is 36.2 Å². The zero-order valence-electron chi connectivity index (χ0n) is 12.8. The van der Waals surface area contributed by atoms with Crippen molar-refractivity contribution >= 4 is 34.8 Å². The summed E-state index contributed by atoms with van der Waals surface area (Å²) in [6.45, 7) is 2.01. The topological polar surface area (TPSA) is 49.4 Å². The predicted molar refractivity (Wildman–Crippen MR) is 91.2 cm³/mol. The smallest absolute Gasteiger partial charge is 0.283 e. The van der Waals surface area contributed by atoms with Crippen LogP contribution < -0.4 is 10.2 Å². The van der Waals surface area contributed by atoms with E-state index < -0.39 is 17.6 Å². The van der Waals surface area contributed by atoms with Gasteiger partial charge >= 0.3 is 0 Å². The summed E-state index contributed by atoms with van der Waals surface area (Å²) >= 11 is 6.01. The Kier molecular flexibility index (Phi) is 4.36. The summed E-state index contributed by atoms with van der Waals surface area (Å²) < 4.78 is 13.8. The maximum Gasteiger partial charge on any atom is 0.283 e. The van der Waals surface area contributed by atoms with Gasteiger partial charge in [-0.15, -0.1) is 0 Å². The van der Waals surface area contributed by atoms with Crippen molar-refractivity contribution in [1.82, 2.24) is 0 Å². The lowest BCUT2D eigenvalue weighted by molar-refractivity contribution is -0.120. The number of anilines is 2. The molecule has 4 nitrogen and oxygen atoms in total. The Morgan fingerprint density at radius 3 is 2.33 bits per heavy atom. The largest absolute Gasteiger partial charge is 0.347 e. The van der Waals surface area contributed by atoms with Crippen LogP contribution in [-0.2, 0) is 16.0 Å². The Hall–Kier alpha value is -2.66. The maximum absolute atomic E-state index is 13.8. The van der Waals surface area contributed by atoms with E-state index in [1.165, 1.54) is 18.2 Å². The first-order valence-corrected chi connectivity index (χ1v) is 7.79. The molecule has 0 bridgehead atoms. The number of para-hydroxylation sites is 1. The summed E-state index contributed by atoms with van der Waals surface area (Å²) in [5, 5.41) is 2.36. The van der Waals surface area contributed by atoms with Crippen LogP contribution in [0.15, 0.2) is 59.3 Å². The number of hydrogen-bond acceptors (Lipinski definition) is 3. The van der Waals surface area contributed by atoms with E-state index in [9.17, 15) is 14.0 Å². The van der Waals surface area contributed by atoms with Crippen LogP contribution in [0.2, 0.25) is 0 Å². The van der Waals surface area contributed by atoms with Crippen LogP contribution in [0.3, 0.4) is 0 Å². The second kappa shape index (κ2) is 6.45. The van der Waals surface area contributed by atoms with E-state index in [0.29, 0.717) is 5.69 Å². The van der Waals surface area contributed by atoms with E-state index in [1.807, 2.05) is 19.1 Å². The number of nitrogens with one attached hydrogen (secondary N) is 1. The van der Waals surface area contributed by atoms with Gasteiger partial charge in [0.15, 0.2) is 0 Å². The first-order valence-electron chi connectivity index (χ1n) is 7.42. The lowest BCUT2D eigenvalue weighted by Gasteiger charge is -2.15. The number of halogens is 2. The molecule has 1 aliphatic rings. The highest BCUT2D eigenvalue weighted by molar-refractivity contribution is 6.53. The summed E-state index contributed by atoms with van der Waals surface area (Å²) in [6.07, 6.45) is 0.848. The molecule has 2 aromatic carbocycles. The Labute approximate surface area is 143 Å². The number of benzene rings is 2. The van der Waals surface area contributed by atoms with Crippen LogP contribution in [0, 0.1) is 5.82 Å². The van der Waals surface area contributed by atoms with Crippen molar-refractivity contribution in [2.75, 3.05) is 10.2 Å². The van der Waals surface area contributed by atoms with Gasteiger partial charge < -0.3 is 5.32 Å². The molecular formula is C18H14ClFN2O2.